The molecule has 0 aliphatic carbocycles. The molecular formula is C39H54O4Si. The van der Waals surface area contributed by atoms with E-state index in [0.717, 1.165) is 24.8 Å². The fourth-order valence-corrected chi connectivity index (χ4v) is 11.2. The Bertz CT molecular complexity index is 1270. The van der Waals surface area contributed by atoms with Crippen molar-refractivity contribution in [3.63, 3.8) is 0 Å². The Morgan fingerprint density at radius 3 is 1.89 bits per heavy atom. The zero-order valence-electron chi connectivity index (χ0n) is 28.3. The largest absolute Gasteiger partial charge is 0.407 e. The minimum atomic E-state index is -2.67. The van der Waals surface area contributed by atoms with Crippen LogP contribution in [0.4, 0.5) is 0 Å². The van der Waals surface area contributed by atoms with Gasteiger partial charge in [0, 0.05) is 6.61 Å². The van der Waals surface area contributed by atoms with Crippen molar-refractivity contribution in [2.75, 3.05) is 13.2 Å². The van der Waals surface area contributed by atoms with Crippen LogP contribution < -0.4 is 10.4 Å². The topological polar surface area (TPSA) is 36.9 Å². The van der Waals surface area contributed by atoms with Gasteiger partial charge in [0.2, 0.25) is 0 Å². The molecule has 1 aliphatic rings. The molecule has 3 aromatic rings. The summed E-state index contributed by atoms with van der Waals surface area (Å²) in [5.41, 5.74) is 2.27. The second-order valence-electron chi connectivity index (χ2n) is 14.3. The van der Waals surface area contributed by atoms with Gasteiger partial charge in [0.15, 0.2) is 5.79 Å². The van der Waals surface area contributed by atoms with Crippen molar-refractivity contribution in [3.05, 3.63) is 108 Å². The van der Waals surface area contributed by atoms with E-state index in [4.69, 9.17) is 18.6 Å². The van der Waals surface area contributed by atoms with Crippen molar-refractivity contribution < 1.29 is 18.6 Å². The number of allylic oxidation sites excluding steroid dienone is 2. The molecule has 0 radical (unpaired) electrons. The van der Waals surface area contributed by atoms with Crippen molar-refractivity contribution >= 4 is 18.7 Å². The zero-order chi connectivity index (χ0) is 31.8. The Morgan fingerprint density at radius 1 is 0.864 bits per heavy atom. The number of ether oxygens (including phenoxy) is 3. The standard InChI is InChI=1S/C39H54O4Si/c1-31(2)19-18-26-39(8,36(35-30-41-38(6,7)43-35)40-29-32-20-12-9-13-21-32)27-28-42-44(37(3,4)5,33-22-14-10-15-23-33)34-24-16-11-17-25-34/h9-17,19-25,35-36H,18,26-30H2,1-8H3/t35-,36-,39-/m0/s1. The summed E-state index contributed by atoms with van der Waals surface area (Å²) in [5.74, 6) is -0.634. The average Bonchev–Trinajstić information content (AvgIpc) is 3.35. The van der Waals surface area contributed by atoms with Crippen LogP contribution in [0.25, 0.3) is 0 Å². The lowest BCUT2D eigenvalue weighted by Gasteiger charge is -2.45. The number of hydrogen-bond donors (Lipinski definition) is 0. The number of benzene rings is 3. The highest BCUT2D eigenvalue weighted by Gasteiger charge is 2.51. The molecule has 4 rings (SSSR count). The molecule has 1 aliphatic heterocycles. The van der Waals surface area contributed by atoms with Crippen LogP contribution in [-0.2, 0) is 25.2 Å². The first kappa shape index (κ1) is 34.3. The van der Waals surface area contributed by atoms with Gasteiger partial charge in [-0.05, 0) is 73.3 Å². The molecule has 3 aromatic carbocycles. The van der Waals surface area contributed by atoms with Crippen LogP contribution in [-0.4, -0.2) is 39.5 Å². The molecule has 0 N–H and O–H groups in total. The lowest BCUT2D eigenvalue weighted by molar-refractivity contribution is -0.177. The van der Waals surface area contributed by atoms with Crippen molar-refractivity contribution in [2.45, 2.75) is 104 Å². The molecule has 0 spiro atoms. The number of hydrogen-bond acceptors (Lipinski definition) is 4. The van der Waals surface area contributed by atoms with E-state index in [1.807, 2.05) is 19.9 Å². The highest BCUT2D eigenvalue weighted by molar-refractivity contribution is 6.99. The van der Waals surface area contributed by atoms with Crippen LogP contribution >= 0.6 is 0 Å². The molecule has 0 amide bonds. The molecule has 0 bridgehead atoms. The Balaban J connectivity index is 1.69. The van der Waals surface area contributed by atoms with Crippen LogP contribution in [0.15, 0.2) is 103 Å². The fraction of sp³-hybridized carbons (Fsp3) is 0.487. The van der Waals surface area contributed by atoms with E-state index < -0.39 is 14.1 Å². The summed E-state index contributed by atoms with van der Waals surface area (Å²) < 4.78 is 26.9. The van der Waals surface area contributed by atoms with Crippen molar-refractivity contribution in [1.29, 1.82) is 0 Å². The maximum absolute atomic E-state index is 7.40. The molecule has 44 heavy (non-hydrogen) atoms. The molecule has 238 valence electrons. The highest BCUT2D eigenvalue weighted by atomic mass is 28.4. The fourth-order valence-electron chi connectivity index (χ4n) is 6.68. The second kappa shape index (κ2) is 14.7. The Kier molecular flexibility index (Phi) is 11.5. The van der Waals surface area contributed by atoms with E-state index in [1.165, 1.54) is 15.9 Å². The predicted molar refractivity (Wildman–Crippen MR) is 185 cm³/mol. The van der Waals surface area contributed by atoms with Crippen LogP contribution in [0.2, 0.25) is 5.04 Å². The van der Waals surface area contributed by atoms with Crippen LogP contribution in [0.3, 0.4) is 0 Å². The SMILES string of the molecule is CC(C)=CCC[C@@](C)(CCO[Si](c1ccccc1)(c1ccccc1)C(C)(C)C)[C@@H](OCc1ccccc1)[C@@H]1COC(C)(C)O1. The summed E-state index contributed by atoms with van der Waals surface area (Å²) in [6, 6.07) is 32.2. The maximum Gasteiger partial charge on any atom is 0.261 e. The first-order valence-electron chi connectivity index (χ1n) is 16.2. The zero-order valence-corrected chi connectivity index (χ0v) is 29.3. The van der Waals surface area contributed by atoms with E-state index in [9.17, 15) is 0 Å². The van der Waals surface area contributed by atoms with E-state index in [2.05, 4.69) is 133 Å². The van der Waals surface area contributed by atoms with Gasteiger partial charge in [-0.3, -0.25) is 0 Å². The molecule has 4 nitrogen and oxygen atoms in total. The van der Waals surface area contributed by atoms with Crippen molar-refractivity contribution in [3.8, 4) is 0 Å². The lowest BCUT2D eigenvalue weighted by Crippen LogP contribution is -2.66. The van der Waals surface area contributed by atoms with Crippen molar-refractivity contribution in [2.24, 2.45) is 5.41 Å². The third-order valence-electron chi connectivity index (χ3n) is 9.00. The maximum atomic E-state index is 7.40. The van der Waals surface area contributed by atoms with Crippen LogP contribution in [0, 0.1) is 5.41 Å². The number of rotatable bonds is 14. The first-order chi connectivity index (χ1) is 20.9. The molecule has 0 saturated carbocycles. The monoisotopic (exact) mass is 614 g/mol. The van der Waals surface area contributed by atoms with E-state index in [-0.39, 0.29) is 22.7 Å². The van der Waals surface area contributed by atoms with E-state index in [0.29, 0.717) is 19.8 Å². The van der Waals surface area contributed by atoms with Gasteiger partial charge in [-0.2, -0.15) is 0 Å². The normalized spacial score (nSPS) is 18.9. The minimum absolute atomic E-state index is 0.0796. The minimum Gasteiger partial charge on any atom is -0.407 e. The van der Waals surface area contributed by atoms with Gasteiger partial charge in [0.1, 0.15) is 6.10 Å². The molecule has 5 heteroatoms. The van der Waals surface area contributed by atoms with Crippen LogP contribution in [0.1, 0.15) is 80.2 Å². The molecule has 1 fully saturated rings. The Labute approximate surface area is 267 Å². The molecule has 3 atom stereocenters. The molecule has 1 heterocycles. The summed E-state index contributed by atoms with van der Waals surface area (Å²) in [6.07, 6.45) is 4.78. The Hall–Kier alpha value is -2.54. The van der Waals surface area contributed by atoms with Gasteiger partial charge in [-0.25, -0.2) is 0 Å². The summed E-state index contributed by atoms with van der Waals surface area (Å²) >= 11 is 0. The summed E-state index contributed by atoms with van der Waals surface area (Å²) in [6.45, 7) is 19.4. The second-order valence-corrected chi connectivity index (χ2v) is 18.6. The highest BCUT2D eigenvalue weighted by Crippen LogP contribution is 2.42. The van der Waals surface area contributed by atoms with Gasteiger partial charge in [0.25, 0.3) is 8.32 Å². The molecule has 0 unspecified atom stereocenters. The smallest absolute Gasteiger partial charge is 0.261 e. The predicted octanol–water partition coefficient (Wildman–Crippen LogP) is 8.44. The van der Waals surface area contributed by atoms with Gasteiger partial charge in [0.05, 0.1) is 19.3 Å². The van der Waals surface area contributed by atoms with Gasteiger partial charge < -0.3 is 18.6 Å². The first-order valence-corrected chi connectivity index (χ1v) is 18.1. The summed E-state index contributed by atoms with van der Waals surface area (Å²) in [5, 5.41) is 2.52. The van der Waals surface area contributed by atoms with E-state index in [1.54, 1.807) is 0 Å². The third kappa shape index (κ3) is 8.38. The van der Waals surface area contributed by atoms with Gasteiger partial charge >= 0.3 is 0 Å². The third-order valence-corrected chi connectivity index (χ3v) is 14.0. The quantitative estimate of drug-likeness (QED) is 0.135. The van der Waals surface area contributed by atoms with Crippen LogP contribution in [0.5, 0.6) is 0 Å². The average molecular weight is 615 g/mol. The summed E-state index contributed by atoms with van der Waals surface area (Å²) in [7, 11) is -2.67. The van der Waals surface area contributed by atoms with Crippen molar-refractivity contribution in [1.82, 2.24) is 0 Å². The molecular weight excluding hydrogens is 561 g/mol. The van der Waals surface area contributed by atoms with Gasteiger partial charge in [-0.15, -0.1) is 0 Å². The molecule has 1 saturated heterocycles. The summed E-state index contributed by atoms with van der Waals surface area (Å²) in [4.78, 5) is 0. The van der Waals surface area contributed by atoms with E-state index >= 15 is 0 Å². The van der Waals surface area contributed by atoms with Gasteiger partial charge in [-0.1, -0.05) is 130 Å². The lowest BCUT2D eigenvalue weighted by atomic mass is 9.75. The Morgan fingerprint density at radius 2 is 1.41 bits per heavy atom. The molecule has 0 aromatic heterocycles.